The van der Waals surface area contributed by atoms with Crippen molar-refractivity contribution in [2.24, 2.45) is 5.73 Å². The largest absolute Gasteiger partial charge is 0.507 e. The predicted molar refractivity (Wildman–Crippen MR) is 113 cm³/mol. The Bertz CT molecular complexity index is 982. The zero-order valence-electron chi connectivity index (χ0n) is 17.9. The minimum Gasteiger partial charge on any atom is -0.507 e. The molecule has 7 heteroatoms. The van der Waals surface area contributed by atoms with Gasteiger partial charge in [-0.15, -0.1) is 0 Å². The van der Waals surface area contributed by atoms with Gasteiger partial charge in [-0.3, -0.25) is 14.9 Å². The minimum atomic E-state index is -0.721. The van der Waals surface area contributed by atoms with Crippen LogP contribution >= 0.6 is 0 Å². The molecular weight excluding hydrogens is 372 g/mol. The molecule has 29 heavy (non-hydrogen) atoms. The van der Waals surface area contributed by atoms with Crippen molar-refractivity contribution in [2.75, 3.05) is 7.11 Å². The van der Waals surface area contributed by atoms with Crippen LogP contribution in [0.4, 0.5) is 5.69 Å². The van der Waals surface area contributed by atoms with Crippen molar-refractivity contribution in [2.45, 2.75) is 52.4 Å². The Morgan fingerprint density at radius 1 is 1.10 bits per heavy atom. The Hall–Kier alpha value is -3.09. The molecule has 3 N–H and O–H groups in total. The second-order valence-electron chi connectivity index (χ2n) is 9.07. The molecule has 156 valence electrons. The van der Waals surface area contributed by atoms with Gasteiger partial charge < -0.3 is 15.6 Å². The first-order valence-electron chi connectivity index (χ1n) is 9.23. The van der Waals surface area contributed by atoms with Crippen LogP contribution in [0.25, 0.3) is 11.1 Å². The number of nitrogens with two attached hydrogens (primary N) is 1. The number of carbonyl (C=O) groups excluding carboxylic acids is 1. The first-order valence-corrected chi connectivity index (χ1v) is 9.23. The second kappa shape index (κ2) is 7.39. The summed E-state index contributed by atoms with van der Waals surface area (Å²) in [5, 5.41) is 23.0. The van der Waals surface area contributed by atoms with E-state index in [9.17, 15) is 20.0 Å². The van der Waals surface area contributed by atoms with E-state index in [1.54, 1.807) is 6.07 Å². The van der Waals surface area contributed by atoms with Crippen molar-refractivity contribution >= 4 is 11.6 Å². The predicted octanol–water partition coefficient (Wildman–Crippen LogP) is 4.67. The lowest BCUT2D eigenvalue weighted by molar-refractivity contribution is -0.384. The van der Waals surface area contributed by atoms with Crippen LogP contribution in [0.5, 0.6) is 11.5 Å². The van der Waals surface area contributed by atoms with Gasteiger partial charge in [-0.05, 0) is 29.0 Å². The summed E-state index contributed by atoms with van der Waals surface area (Å²) in [6, 6.07) is 5.93. The number of phenols is 1. The van der Waals surface area contributed by atoms with Crippen LogP contribution in [0.3, 0.4) is 0 Å². The van der Waals surface area contributed by atoms with Gasteiger partial charge in [0.05, 0.1) is 23.7 Å². The van der Waals surface area contributed by atoms with Crippen LogP contribution < -0.4 is 10.5 Å². The Kier molecular flexibility index (Phi) is 5.65. The standard InChI is InChI=1S/C22H28N2O5/c1-21(2,3)15-11-14(20(23)26)17(18(19(15)25)22(4,5)6)13-9-8-12(29-7)10-16(13)24(27)28/h8-11,25H,1-7H3,(H2,23,26). The van der Waals surface area contributed by atoms with Gasteiger partial charge in [0.25, 0.3) is 5.69 Å². The minimum absolute atomic E-state index is 0.00937. The Morgan fingerprint density at radius 2 is 1.69 bits per heavy atom. The molecule has 0 atom stereocenters. The number of amides is 1. The van der Waals surface area contributed by atoms with Gasteiger partial charge in [-0.2, -0.15) is 0 Å². The fraction of sp³-hybridized carbons (Fsp3) is 0.409. The number of carbonyl (C=O) groups is 1. The van der Waals surface area contributed by atoms with Gasteiger partial charge in [0.1, 0.15) is 11.5 Å². The van der Waals surface area contributed by atoms with Crippen molar-refractivity contribution < 1.29 is 19.6 Å². The third kappa shape index (κ3) is 4.18. The summed E-state index contributed by atoms with van der Waals surface area (Å²) in [6.45, 7) is 11.4. The number of hydrogen-bond acceptors (Lipinski definition) is 5. The zero-order chi connectivity index (χ0) is 22.3. The number of rotatable bonds is 4. The van der Waals surface area contributed by atoms with Crippen molar-refractivity contribution in [1.82, 2.24) is 0 Å². The molecule has 2 rings (SSSR count). The summed E-state index contributed by atoms with van der Waals surface area (Å²) in [5.41, 5.74) is 5.94. The maximum absolute atomic E-state index is 12.4. The summed E-state index contributed by atoms with van der Waals surface area (Å²) in [6.07, 6.45) is 0. The normalized spacial score (nSPS) is 12.0. The number of phenolic OH excluding ortho intramolecular Hbond substituents is 1. The molecule has 0 aliphatic carbocycles. The number of nitro groups is 1. The first-order chi connectivity index (χ1) is 13.2. The van der Waals surface area contributed by atoms with Crippen molar-refractivity contribution in [3.05, 3.63) is 51.1 Å². The van der Waals surface area contributed by atoms with E-state index in [0.29, 0.717) is 16.9 Å². The summed E-state index contributed by atoms with van der Waals surface area (Å²) in [4.78, 5) is 23.7. The van der Waals surface area contributed by atoms with E-state index >= 15 is 0 Å². The highest BCUT2D eigenvalue weighted by molar-refractivity contribution is 6.03. The van der Waals surface area contributed by atoms with Crippen LogP contribution in [0.2, 0.25) is 0 Å². The van der Waals surface area contributed by atoms with Gasteiger partial charge in [0, 0.05) is 22.3 Å². The van der Waals surface area contributed by atoms with E-state index in [2.05, 4.69) is 0 Å². The van der Waals surface area contributed by atoms with E-state index in [4.69, 9.17) is 10.5 Å². The van der Waals surface area contributed by atoms with Crippen molar-refractivity contribution in [1.29, 1.82) is 0 Å². The molecule has 0 saturated carbocycles. The number of nitrogens with zero attached hydrogens (tertiary/aromatic N) is 1. The Balaban J connectivity index is 3.12. The Labute approximate surface area is 170 Å². The SMILES string of the molecule is COc1ccc(-c2c(C(N)=O)cc(C(C)(C)C)c(O)c2C(C)(C)C)c([N+](=O)[O-])c1. The monoisotopic (exact) mass is 400 g/mol. The summed E-state index contributed by atoms with van der Waals surface area (Å²) in [5.74, 6) is -0.398. The van der Waals surface area contributed by atoms with Gasteiger partial charge in [-0.25, -0.2) is 0 Å². The highest BCUT2D eigenvalue weighted by Crippen LogP contribution is 2.48. The maximum atomic E-state index is 12.4. The van der Waals surface area contributed by atoms with Gasteiger partial charge in [0.15, 0.2) is 0 Å². The molecule has 1 amide bonds. The first kappa shape index (κ1) is 22.2. The molecule has 0 unspecified atom stereocenters. The van der Waals surface area contributed by atoms with Crippen LogP contribution in [-0.4, -0.2) is 23.0 Å². The zero-order valence-corrected chi connectivity index (χ0v) is 17.9. The molecule has 2 aromatic rings. The lowest BCUT2D eigenvalue weighted by atomic mass is 9.74. The number of ether oxygens (including phenoxy) is 1. The van der Waals surface area contributed by atoms with Crippen LogP contribution in [0, 0.1) is 10.1 Å². The van der Waals surface area contributed by atoms with E-state index in [1.807, 2.05) is 41.5 Å². The summed E-state index contributed by atoms with van der Waals surface area (Å²) in [7, 11) is 1.41. The number of primary amides is 1. The highest BCUT2D eigenvalue weighted by Gasteiger charge is 2.34. The Morgan fingerprint density at radius 3 is 2.10 bits per heavy atom. The lowest BCUT2D eigenvalue weighted by Gasteiger charge is -2.31. The second-order valence-corrected chi connectivity index (χ2v) is 9.07. The quantitative estimate of drug-likeness (QED) is 0.571. The van der Waals surface area contributed by atoms with Crippen LogP contribution in [0.1, 0.15) is 63.0 Å². The fourth-order valence-corrected chi connectivity index (χ4v) is 3.45. The molecule has 0 aliphatic rings. The van der Waals surface area contributed by atoms with Gasteiger partial charge in [-0.1, -0.05) is 41.5 Å². The molecule has 2 aromatic carbocycles. The maximum Gasteiger partial charge on any atom is 0.280 e. The number of nitro benzene ring substituents is 1. The fourth-order valence-electron chi connectivity index (χ4n) is 3.45. The van der Waals surface area contributed by atoms with E-state index in [1.165, 1.54) is 25.3 Å². The number of methoxy groups -OCH3 is 1. The summed E-state index contributed by atoms with van der Waals surface area (Å²) >= 11 is 0. The number of aromatic hydroxyl groups is 1. The van der Waals surface area contributed by atoms with Crippen molar-refractivity contribution in [3.8, 4) is 22.6 Å². The molecule has 0 saturated heterocycles. The van der Waals surface area contributed by atoms with Crippen LogP contribution in [-0.2, 0) is 10.8 Å². The third-order valence-corrected chi connectivity index (χ3v) is 4.79. The van der Waals surface area contributed by atoms with E-state index in [0.717, 1.165) is 0 Å². The average Bonchev–Trinajstić information content (AvgIpc) is 2.58. The third-order valence-electron chi connectivity index (χ3n) is 4.79. The summed E-state index contributed by atoms with van der Waals surface area (Å²) < 4.78 is 5.11. The number of hydrogen-bond donors (Lipinski definition) is 2. The molecule has 0 heterocycles. The highest BCUT2D eigenvalue weighted by atomic mass is 16.6. The molecule has 0 radical (unpaired) electrons. The molecular formula is C22H28N2O5. The van der Waals surface area contributed by atoms with E-state index < -0.39 is 21.7 Å². The molecule has 0 spiro atoms. The van der Waals surface area contributed by atoms with E-state index in [-0.39, 0.29) is 28.1 Å². The molecule has 0 fully saturated rings. The molecule has 0 aliphatic heterocycles. The van der Waals surface area contributed by atoms with Crippen molar-refractivity contribution in [3.63, 3.8) is 0 Å². The lowest BCUT2D eigenvalue weighted by Crippen LogP contribution is -2.23. The molecule has 7 nitrogen and oxygen atoms in total. The van der Waals surface area contributed by atoms with Gasteiger partial charge >= 0.3 is 0 Å². The molecule has 0 aromatic heterocycles. The number of benzene rings is 2. The molecule has 0 bridgehead atoms. The van der Waals surface area contributed by atoms with Crippen LogP contribution in [0.15, 0.2) is 24.3 Å². The smallest absolute Gasteiger partial charge is 0.280 e. The average molecular weight is 400 g/mol. The topological polar surface area (TPSA) is 116 Å². The van der Waals surface area contributed by atoms with Gasteiger partial charge in [0.2, 0.25) is 5.91 Å².